The predicted molar refractivity (Wildman–Crippen MR) is 152 cm³/mol. The molecule has 7 nitrogen and oxygen atoms in total. The van der Waals surface area contributed by atoms with Gasteiger partial charge in [0, 0.05) is 18.1 Å². The monoisotopic (exact) mass is 573 g/mol. The average Bonchev–Trinajstić information content (AvgIpc) is 2.90. The molecule has 3 rings (SSSR count). The second-order valence-electron chi connectivity index (χ2n) is 9.22. The Kier molecular flexibility index (Phi) is 10.1. The number of amides is 2. The number of aryl methyl sites for hydroxylation is 2. The minimum atomic E-state index is -4.19. The zero-order valence-electron chi connectivity index (χ0n) is 22.4. The Hall–Kier alpha value is -3.43. The summed E-state index contributed by atoms with van der Waals surface area (Å²) in [5.41, 5.74) is 2.44. The maximum absolute atomic E-state index is 13.9. The first-order valence-corrected chi connectivity index (χ1v) is 14.5. The molecule has 0 fully saturated rings. The summed E-state index contributed by atoms with van der Waals surface area (Å²) < 4.78 is 42.3. The summed E-state index contributed by atoms with van der Waals surface area (Å²) >= 11 is 6.34. The van der Waals surface area contributed by atoms with Crippen molar-refractivity contribution in [3.63, 3.8) is 0 Å². The smallest absolute Gasteiger partial charge is 0.264 e. The van der Waals surface area contributed by atoms with Crippen molar-refractivity contribution in [2.45, 2.75) is 51.6 Å². The molecule has 10 heteroatoms. The predicted octanol–water partition coefficient (Wildman–Crippen LogP) is 5.23. The summed E-state index contributed by atoms with van der Waals surface area (Å²) in [5, 5.41) is 3.09. The molecule has 0 spiro atoms. The van der Waals surface area contributed by atoms with Crippen molar-refractivity contribution >= 4 is 39.1 Å². The fraction of sp³-hybridized carbons (Fsp3) is 0.310. The lowest BCUT2D eigenvalue weighted by molar-refractivity contribution is -0.140. The van der Waals surface area contributed by atoms with Gasteiger partial charge in [0.15, 0.2) is 0 Å². The lowest BCUT2D eigenvalue weighted by atomic mass is 10.1. The van der Waals surface area contributed by atoms with Crippen molar-refractivity contribution in [2.75, 3.05) is 17.4 Å². The highest BCUT2D eigenvalue weighted by molar-refractivity contribution is 7.92. The zero-order valence-corrected chi connectivity index (χ0v) is 24.0. The number of nitrogens with one attached hydrogen (secondary N) is 1. The summed E-state index contributed by atoms with van der Waals surface area (Å²) in [5.74, 6) is -1.38. The van der Waals surface area contributed by atoms with Gasteiger partial charge in [-0.1, -0.05) is 54.4 Å². The SMILES string of the molecule is CCNC(=O)[C@@H](CC)N(Cc1ccc(F)cc1)C(=O)CN(c1ccc(C)c(Cl)c1)S(=O)(=O)c1ccc(C)cc1. The van der Waals surface area contributed by atoms with Crippen LogP contribution in [0.1, 0.15) is 37.0 Å². The van der Waals surface area contributed by atoms with Gasteiger partial charge in [0.1, 0.15) is 18.4 Å². The summed E-state index contributed by atoms with van der Waals surface area (Å²) in [6.45, 7) is 6.95. The molecule has 0 aliphatic carbocycles. The maximum atomic E-state index is 13.9. The quantitative estimate of drug-likeness (QED) is 0.340. The molecule has 3 aromatic rings. The molecule has 0 saturated carbocycles. The van der Waals surface area contributed by atoms with E-state index in [0.29, 0.717) is 23.6 Å². The van der Waals surface area contributed by atoms with E-state index in [0.717, 1.165) is 15.4 Å². The highest BCUT2D eigenvalue weighted by atomic mass is 35.5. The normalized spacial score (nSPS) is 12.1. The Balaban J connectivity index is 2.08. The molecule has 0 aliphatic rings. The van der Waals surface area contributed by atoms with Gasteiger partial charge in [-0.15, -0.1) is 0 Å². The molecular formula is C29H33ClFN3O4S. The number of anilines is 1. The molecule has 0 aliphatic heterocycles. The third-order valence-electron chi connectivity index (χ3n) is 6.33. The van der Waals surface area contributed by atoms with Gasteiger partial charge in [0.25, 0.3) is 10.0 Å². The molecule has 3 aromatic carbocycles. The van der Waals surface area contributed by atoms with Crippen LogP contribution in [0.15, 0.2) is 71.6 Å². The fourth-order valence-electron chi connectivity index (χ4n) is 4.10. The molecule has 0 bridgehead atoms. The van der Waals surface area contributed by atoms with Gasteiger partial charge in [-0.05, 0) is 74.7 Å². The number of carbonyl (C=O) groups is 2. The Labute approximate surface area is 234 Å². The highest BCUT2D eigenvalue weighted by Gasteiger charge is 2.33. The first kappa shape index (κ1) is 30.1. The second-order valence-corrected chi connectivity index (χ2v) is 11.5. The first-order chi connectivity index (χ1) is 18.5. The number of benzene rings is 3. The van der Waals surface area contributed by atoms with Crippen LogP contribution in [0.4, 0.5) is 10.1 Å². The van der Waals surface area contributed by atoms with Crippen molar-refractivity contribution in [3.05, 3.63) is 94.3 Å². The Morgan fingerprint density at radius 3 is 2.18 bits per heavy atom. The van der Waals surface area contributed by atoms with Gasteiger partial charge in [-0.2, -0.15) is 0 Å². The zero-order chi connectivity index (χ0) is 28.7. The molecule has 1 N–H and O–H groups in total. The summed E-state index contributed by atoms with van der Waals surface area (Å²) in [7, 11) is -4.19. The van der Waals surface area contributed by atoms with Crippen LogP contribution in [0.25, 0.3) is 0 Å². The topological polar surface area (TPSA) is 86.8 Å². The molecule has 0 heterocycles. The van der Waals surface area contributed by atoms with Gasteiger partial charge in [0.2, 0.25) is 11.8 Å². The lowest BCUT2D eigenvalue weighted by Gasteiger charge is -2.33. The van der Waals surface area contributed by atoms with Crippen molar-refractivity contribution < 1.29 is 22.4 Å². The van der Waals surface area contributed by atoms with Crippen molar-refractivity contribution in [2.24, 2.45) is 0 Å². The Morgan fingerprint density at radius 1 is 0.974 bits per heavy atom. The maximum Gasteiger partial charge on any atom is 0.264 e. The average molecular weight is 574 g/mol. The van der Waals surface area contributed by atoms with Crippen LogP contribution in [0.2, 0.25) is 5.02 Å². The second kappa shape index (κ2) is 13.1. The molecule has 0 saturated heterocycles. The molecule has 0 aromatic heterocycles. The van der Waals surface area contributed by atoms with Crippen LogP contribution in [0.3, 0.4) is 0 Å². The van der Waals surface area contributed by atoms with Crippen LogP contribution in [-0.4, -0.2) is 44.3 Å². The molecule has 39 heavy (non-hydrogen) atoms. The van der Waals surface area contributed by atoms with Crippen LogP contribution in [0.5, 0.6) is 0 Å². The van der Waals surface area contributed by atoms with Crippen LogP contribution in [-0.2, 0) is 26.2 Å². The largest absolute Gasteiger partial charge is 0.355 e. The van der Waals surface area contributed by atoms with Gasteiger partial charge in [-0.25, -0.2) is 12.8 Å². The summed E-state index contributed by atoms with van der Waals surface area (Å²) in [4.78, 5) is 28.2. The molecule has 0 radical (unpaired) electrons. The number of likely N-dealkylation sites (N-methyl/N-ethyl adjacent to an activating group) is 1. The number of hydrogen-bond donors (Lipinski definition) is 1. The first-order valence-electron chi connectivity index (χ1n) is 12.6. The van der Waals surface area contributed by atoms with Crippen LogP contribution >= 0.6 is 11.6 Å². The molecule has 208 valence electrons. The number of sulfonamides is 1. The van der Waals surface area contributed by atoms with E-state index in [9.17, 15) is 22.4 Å². The standard InChI is InChI=1S/C29H33ClFN3O4S/c1-5-27(29(36)32-6-2)33(18-22-10-12-23(31)13-11-22)28(35)19-34(24-14-9-21(4)26(30)17-24)39(37,38)25-15-7-20(3)8-16-25/h7-17,27H,5-6,18-19H2,1-4H3,(H,32,36)/t27-/m1/s1. The Morgan fingerprint density at radius 2 is 1.62 bits per heavy atom. The summed E-state index contributed by atoms with van der Waals surface area (Å²) in [6, 6.07) is 15.8. The molecular weight excluding hydrogens is 541 g/mol. The molecule has 2 amide bonds. The number of hydrogen-bond acceptors (Lipinski definition) is 4. The van der Waals surface area contributed by atoms with Gasteiger partial charge >= 0.3 is 0 Å². The minimum absolute atomic E-state index is 0.0121. The van der Waals surface area contributed by atoms with Crippen molar-refractivity contribution in [1.29, 1.82) is 0 Å². The van der Waals surface area contributed by atoms with E-state index in [2.05, 4.69) is 5.32 Å². The van der Waals surface area contributed by atoms with E-state index in [-0.39, 0.29) is 23.0 Å². The molecule has 0 unspecified atom stereocenters. The third kappa shape index (κ3) is 7.36. The lowest BCUT2D eigenvalue weighted by Crippen LogP contribution is -2.52. The van der Waals surface area contributed by atoms with E-state index < -0.39 is 34.3 Å². The number of halogens is 2. The van der Waals surface area contributed by atoms with Crippen LogP contribution in [0, 0.1) is 19.7 Å². The van der Waals surface area contributed by atoms with Crippen LogP contribution < -0.4 is 9.62 Å². The fourth-order valence-corrected chi connectivity index (χ4v) is 5.68. The molecule has 1 atom stereocenters. The number of rotatable bonds is 11. The van der Waals surface area contributed by atoms with E-state index >= 15 is 0 Å². The van der Waals surface area contributed by atoms with Gasteiger partial charge in [0.05, 0.1) is 10.6 Å². The van der Waals surface area contributed by atoms with E-state index in [4.69, 9.17) is 11.6 Å². The van der Waals surface area contributed by atoms with Gasteiger partial charge < -0.3 is 10.2 Å². The van der Waals surface area contributed by atoms with E-state index in [1.807, 2.05) is 6.92 Å². The number of nitrogens with zero attached hydrogens (tertiary/aromatic N) is 2. The van der Waals surface area contributed by atoms with Crippen molar-refractivity contribution in [1.82, 2.24) is 10.2 Å². The Bertz CT molecular complexity index is 1410. The van der Waals surface area contributed by atoms with E-state index in [1.54, 1.807) is 45.0 Å². The third-order valence-corrected chi connectivity index (χ3v) is 8.53. The highest BCUT2D eigenvalue weighted by Crippen LogP contribution is 2.29. The number of carbonyl (C=O) groups excluding carboxylic acids is 2. The summed E-state index contributed by atoms with van der Waals surface area (Å²) in [6.07, 6.45) is 0.292. The van der Waals surface area contributed by atoms with Crippen molar-refractivity contribution in [3.8, 4) is 0 Å². The minimum Gasteiger partial charge on any atom is -0.355 e. The van der Waals surface area contributed by atoms with E-state index in [1.165, 1.54) is 47.4 Å². The van der Waals surface area contributed by atoms with Gasteiger partial charge in [-0.3, -0.25) is 13.9 Å².